The van der Waals surface area contributed by atoms with Crippen molar-refractivity contribution in [3.63, 3.8) is 0 Å². The second kappa shape index (κ2) is 5.79. The van der Waals surface area contributed by atoms with Crippen molar-refractivity contribution in [3.05, 3.63) is 49.4 Å². The van der Waals surface area contributed by atoms with E-state index in [9.17, 15) is 10.1 Å². The van der Waals surface area contributed by atoms with Crippen LogP contribution in [0.4, 0.5) is 5.69 Å². The highest BCUT2D eigenvalue weighted by atomic mass is 79.9. The third kappa shape index (κ3) is 2.81. The van der Waals surface area contributed by atoms with Crippen molar-refractivity contribution < 1.29 is 0 Å². The molecule has 2 heterocycles. The smallest absolute Gasteiger partial charge is 0.323 e. The molecule has 0 radical (unpaired) electrons. The van der Waals surface area contributed by atoms with E-state index in [1.54, 1.807) is 18.3 Å². The Morgan fingerprint density at radius 3 is 2.82 bits per heavy atom. The highest BCUT2D eigenvalue weighted by molar-refractivity contribution is 9.10. The minimum atomic E-state index is -0.259. The largest absolute Gasteiger partial charge is 0.359 e. The van der Waals surface area contributed by atoms with Gasteiger partial charge in [0.15, 0.2) is 0 Å². The molecule has 110 valence electrons. The van der Waals surface area contributed by atoms with Crippen molar-refractivity contribution in [2.24, 2.45) is 0 Å². The van der Waals surface area contributed by atoms with Gasteiger partial charge in [-0.05, 0) is 35.0 Å². The third-order valence-corrected chi connectivity index (χ3v) is 4.59. The van der Waals surface area contributed by atoms with Crippen molar-refractivity contribution in [2.75, 3.05) is 5.32 Å². The summed E-state index contributed by atoms with van der Waals surface area (Å²) in [7, 11) is 0. The predicted molar refractivity (Wildman–Crippen MR) is 90.7 cm³/mol. The van der Waals surface area contributed by atoms with Gasteiger partial charge >= 0.3 is 5.69 Å². The van der Waals surface area contributed by atoms with E-state index >= 15 is 0 Å². The zero-order valence-corrected chi connectivity index (χ0v) is 13.8. The fourth-order valence-corrected chi connectivity index (χ4v) is 3.16. The molecule has 0 saturated heterocycles. The summed E-state index contributed by atoms with van der Waals surface area (Å²) in [5.41, 5.74) is 3.21. The number of hydrogen-bond acceptors (Lipinski definition) is 5. The highest BCUT2D eigenvalue weighted by Gasteiger charge is 2.07. The molecule has 6 nitrogen and oxygen atoms in total. The number of rotatable bonds is 3. The number of nitrogens with zero attached hydrogens (tertiary/aromatic N) is 2. The van der Waals surface area contributed by atoms with E-state index in [0.717, 1.165) is 15.9 Å². The first-order chi connectivity index (χ1) is 10.6. The number of H-pyrrole nitrogens is 2. The average molecular weight is 376 g/mol. The van der Waals surface area contributed by atoms with Gasteiger partial charge < -0.3 is 15.3 Å². The normalized spacial score (nSPS) is 11.6. The van der Waals surface area contributed by atoms with Gasteiger partial charge in [0.05, 0.1) is 16.7 Å². The van der Waals surface area contributed by atoms with Crippen molar-refractivity contribution in [3.8, 4) is 6.07 Å². The number of hydrogen-bond donors (Lipinski definition) is 3. The summed E-state index contributed by atoms with van der Waals surface area (Å²) in [5.74, 6) is 0. The van der Waals surface area contributed by atoms with Crippen LogP contribution in [0.5, 0.6) is 0 Å². The van der Waals surface area contributed by atoms with Gasteiger partial charge in [-0.3, -0.25) is 0 Å². The summed E-state index contributed by atoms with van der Waals surface area (Å²) in [6, 6.07) is 5.71. The second-order valence-electron chi connectivity index (χ2n) is 4.56. The Balaban J connectivity index is 1.95. The molecular weight excluding hydrogens is 366 g/mol. The predicted octanol–water partition coefficient (Wildman–Crippen LogP) is 3.36. The number of anilines is 1. The number of benzene rings is 1. The molecule has 22 heavy (non-hydrogen) atoms. The van der Waals surface area contributed by atoms with Gasteiger partial charge in [0.25, 0.3) is 0 Å². The van der Waals surface area contributed by atoms with Gasteiger partial charge in [0.1, 0.15) is 16.6 Å². The number of aromatic amines is 2. The van der Waals surface area contributed by atoms with Crippen LogP contribution in [0.25, 0.3) is 16.6 Å². The van der Waals surface area contributed by atoms with Gasteiger partial charge in [-0.2, -0.15) is 5.26 Å². The van der Waals surface area contributed by atoms with Gasteiger partial charge in [-0.15, -0.1) is 11.3 Å². The first kappa shape index (κ1) is 14.6. The molecule has 3 rings (SSSR count). The fraction of sp³-hybridized carbons (Fsp3) is 0.0714. The summed E-state index contributed by atoms with van der Waals surface area (Å²) in [4.78, 5) is 21.0. The van der Waals surface area contributed by atoms with Crippen molar-refractivity contribution >= 4 is 49.6 Å². The van der Waals surface area contributed by atoms with Crippen LogP contribution in [0, 0.1) is 18.3 Å². The van der Waals surface area contributed by atoms with Gasteiger partial charge in [0.2, 0.25) is 0 Å². The fourth-order valence-electron chi connectivity index (χ4n) is 1.94. The zero-order valence-electron chi connectivity index (χ0n) is 11.4. The number of nitriles is 1. The Kier molecular flexibility index (Phi) is 3.83. The number of allylic oxidation sites excluding steroid dienone is 1. The van der Waals surface area contributed by atoms with Crippen LogP contribution in [0.3, 0.4) is 0 Å². The topological polar surface area (TPSA) is 97.4 Å². The molecule has 0 fully saturated rings. The average Bonchev–Trinajstić information content (AvgIpc) is 3.04. The molecule has 3 N–H and O–H groups in total. The molecule has 0 aliphatic carbocycles. The van der Waals surface area contributed by atoms with E-state index in [4.69, 9.17) is 0 Å². The highest BCUT2D eigenvalue weighted by Crippen LogP contribution is 2.27. The van der Waals surface area contributed by atoms with Crippen LogP contribution in [0.15, 0.2) is 33.0 Å². The first-order valence-corrected chi connectivity index (χ1v) is 7.95. The number of aromatic nitrogens is 3. The first-order valence-electron chi connectivity index (χ1n) is 6.27. The molecule has 0 atom stereocenters. The number of imidazole rings is 1. The molecule has 0 aliphatic rings. The Hall–Kier alpha value is -2.37. The van der Waals surface area contributed by atoms with Gasteiger partial charge in [0, 0.05) is 21.7 Å². The van der Waals surface area contributed by atoms with E-state index in [1.165, 1.54) is 11.3 Å². The molecule has 0 amide bonds. The summed E-state index contributed by atoms with van der Waals surface area (Å²) in [6.07, 6.45) is 1.61. The third-order valence-electron chi connectivity index (χ3n) is 2.95. The molecule has 0 aliphatic heterocycles. The number of fused-ring (bicyclic) bond motifs is 1. The molecule has 1 aromatic carbocycles. The summed E-state index contributed by atoms with van der Waals surface area (Å²) >= 11 is 4.86. The summed E-state index contributed by atoms with van der Waals surface area (Å²) < 4.78 is 0.777. The lowest BCUT2D eigenvalue weighted by atomic mass is 10.2. The maximum atomic E-state index is 11.3. The van der Waals surface area contributed by atoms with Gasteiger partial charge in [-0.25, -0.2) is 9.78 Å². The molecular formula is C14H10BrN5OS. The summed E-state index contributed by atoms with van der Waals surface area (Å²) in [6.45, 7) is 1.88. The molecule has 3 aromatic rings. The SMILES string of the molecule is Cc1csc(/C(C#N)=C/Nc2cc3[nH]c(=O)[nH]c3cc2Br)n1. The van der Waals surface area contributed by atoms with E-state index in [-0.39, 0.29) is 5.69 Å². The Morgan fingerprint density at radius 2 is 2.18 bits per heavy atom. The Morgan fingerprint density at radius 1 is 1.45 bits per heavy atom. The van der Waals surface area contributed by atoms with Crippen LogP contribution in [0.1, 0.15) is 10.7 Å². The van der Waals surface area contributed by atoms with E-state index < -0.39 is 0 Å². The molecule has 0 saturated carbocycles. The van der Waals surface area contributed by atoms with Gasteiger partial charge in [-0.1, -0.05) is 0 Å². The van der Waals surface area contributed by atoms with Crippen LogP contribution in [0.2, 0.25) is 0 Å². The molecule has 0 spiro atoms. The maximum absolute atomic E-state index is 11.3. The van der Waals surface area contributed by atoms with E-state index in [2.05, 4.69) is 42.3 Å². The van der Waals surface area contributed by atoms with Crippen LogP contribution >= 0.6 is 27.3 Å². The monoisotopic (exact) mass is 375 g/mol. The summed E-state index contributed by atoms with van der Waals surface area (Å²) in [5, 5.41) is 14.9. The molecule has 0 unspecified atom stereocenters. The standard InChI is InChI=1S/C14H10BrN5OS/c1-7-6-22-13(18-7)8(4-16)5-17-10-3-12-11(2-9(10)15)19-14(21)20-12/h2-3,5-6,17H,1H3,(H2,19,20,21)/b8-5+. The zero-order chi connectivity index (χ0) is 15.7. The number of halogens is 1. The van der Waals surface area contributed by atoms with Crippen molar-refractivity contribution in [1.82, 2.24) is 15.0 Å². The van der Waals surface area contributed by atoms with Crippen molar-refractivity contribution in [1.29, 1.82) is 5.26 Å². The number of aryl methyl sites for hydroxylation is 1. The van der Waals surface area contributed by atoms with Crippen molar-refractivity contribution in [2.45, 2.75) is 6.92 Å². The minimum absolute atomic E-state index is 0.259. The molecule has 8 heteroatoms. The quantitative estimate of drug-likeness (QED) is 0.611. The lowest BCUT2D eigenvalue weighted by molar-refractivity contribution is 1.21. The molecule has 0 bridgehead atoms. The number of nitrogens with one attached hydrogen (secondary N) is 3. The van der Waals surface area contributed by atoms with Crippen LogP contribution in [-0.2, 0) is 0 Å². The Labute approximate surface area is 137 Å². The second-order valence-corrected chi connectivity index (χ2v) is 6.28. The lowest BCUT2D eigenvalue weighted by Gasteiger charge is -2.05. The number of thiazole rings is 1. The van der Waals surface area contributed by atoms with Crippen LogP contribution in [-0.4, -0.2) is 15.0 Å². The molecule has 2 aromatic heterocycles. The maximum Gasteiger partial charge on any atom is 0.323 e. The minimum Gasteiger partial charge on any atom is -0.359 e. The van der Waals surface area contributed by atoms with E-state index in [1.807, 2.05) is 12.3 Å². The Bertz CT molecular complexity index is 975. The lowest BCUT2D eigenvalue weighted by Crippen LogP contribution is -1.99. The van der Waals surface area contributed by atoms with Crippen LogP contribution < -0.4 is 11.0 Å². The van der Waals surface area contributed by atoms with E-state index in [0.29, 0.717) is 21.6 Å².